The predicted molar refractivity (Wildman–Crippen MR) is 126 cm³/mol. The number of unbranched alkanes of at least 4 members (excludes halogenated alkanes) is 20. The number of rotatable bonds is 24. The average molecular weight is 529 g/mol. The molecule has 0 spiro atoms. The van der Waals surface area contributed by atoms with Crippen molar-refractivity contribution in [2.24, 2.45) is 0 Å². The second kappa shape index (κ2) is 26.9. The van der Waals surface area contributed by atoms with E-state index in [1.807, 2.05) is 0 Å². The molecule has 0 N–H and O–H groups in total. The molecule has 0 fully saturated rings. The van der Waals surface area contributed by atoms with Gasteiger partial charge < -0.3 is 9.11 Å². The van der Waals surface area contributed by atoms with Gasteiger partial charge in [-0.3, -0.25) is 0 Å². The zero-order valence-corrected chi connectivity index (χ0v) is 27.2. The van der Waals surface area contributed by atoms with Crippen LogP contribution >= 0.6 is 0 Å². The fourth-order valence-corrected chi connectivity index (χ4v) is 5.03. The molecule has 0 aliphatic carbocycles. The average Bonchev–Trinajstić information content (AvgIpc) is 2.67. The molecule has 0 amide bonds. The van der Waals surface area contributed by atoms with Crippen LogP contribution in [0.25, 0.3) is 0 Å². The molecule has 0 bridgehead atoms. The molecule has 0 aliphatic heterocycles. The number of hydrogen-bond acceptors (Lipinski definition) is 6. The van der Waals surface area contributed by atoms with Gasteiger partial charge in [0.15, 0.2) is 0 Å². The molecule has 188 valence electrons. The molecule has 0 aromatic rings. The fourth-order valence-electron chi connectivity index (χ4n) is 3.92. The largest absolute Gasteiger partial charge is 1.00 e. The van der Waals surface area contributed by atoms with E-state index in [0.29, 0.717) is 12.8 Å². The molecule has 0 rings (SSSR count). The molecule has 0 radical (unpaired) electrons. The summed E-state index contributed by atoms with van der Waals surface area (Å²) in [6.45, 7) is 0. The van der Waals surface area contributed by atoms with E-state index < -0.39 is 20.2 Å². The first-order valence-electron chi connectivity index (χ1n) is 12.6. The quantitative estimate of drug-likeness (QED) is 0.101. The van der Waals surface area contributed by atoms with Crippen molar-refractivity contribution in [2.45, 2.75) is 135 Å². The summed E-state index contributed by atoms with van der Waals surface area (Å²) in [5.41, 5.74) is 0. The van der Waals surface area contributed by atoms with Crippen LogP contribution in [0.2, 0.25) is 0 Å². The molecule has 10 heteroatoms. The van der Waals surface area contributed by atoms with Crippen molar-refractivity contribution in [1.29, 1.82) is 0 Å². The Balaban J connectivity index is -0.00000450. The van der Waals surface area contributed by atoms with Crippen molar-refractivity contribution in [1.82, 2.24) is 0 Å². The molecular weight excluding hydrogens is 482 g/mol. The van der Waals surface area contributed by atoms with Crippen molar-refractivity contribution in [3.63, 3.8) is 0 Å². The Kier molecular flexibility index (Phi) is 32.0. The van der Waals surface area contributed by atoms with Gasteiger partial charge in [-0.05, 0) is 12.8 Å². The molecule has 0 saturated heterocycles. The van der Waals surface area contributed by atoms with Gasteiger partial charge in [0, 0.05) is 11.5 Å². The van der Waals surface area contributed by atoms with Crippen LogP contribution in [0.3, 0.4) is 0 Å². The number of hydrogen-bond donors (Lipinski definition) is 0. The molecular formula is C23H46Na2O6S2. The zero-order chi connectivity index (χ0) is 23.3. The van der Waals surface area contributed by atoms with Crippen molar-refractivity contribution in [3.05, 3.63) is 0 Å². The van der Waals surface area contributed by atoms with Crippen molar-refractivity contribution < 1.29 is 85.1 Å². The van der Waals surface area contributed by atoms with Gasteiger partial charge in [0.25, 0.3) is 0 Å². The summed E-state index contributed by atoms with van der Waals surface area (Å²) in [7, 11) is -8.05. The van der Waals surface area contributed by atoms with Crippen LogP contribution in [0.1, 0.15) is 135 Å². The third-order valence-corrected chi connectivity index (χ3v) is 7.37. The van der Waals surface area contributed by atoms with E-state index in [0.717, 1.165) is 38.5 Å². The maximum atomic E-state index is 10.5. The van der Waals surface area contributed by atoms with Crippen LogP contribution in [-0.2, 0) is 20.2 Å². The predicted octanol–water partition coefficient (Wildman–Crippen LogP) is 0.277. The van der Waals surface area contributed by atoms with Crippen molar-refractivity contribution in [3.8, 4) is 0 Å². The fraction of sp³-hybridized carbons (Fsp3) is 1.00. The zero-order valence-electron chi connectivity index (χ0n) is 21.5. The Hall–Kier alpha value is 1.82. The third-order valence-electron chi connectivity index (χ3n) is 5.79. The maximum absolute atomic E-state index is 10.5. The molecule has 0 unspecified atom stereocenters. The van der Waals surface area contributed by atoms with Gasteiger partial charge in [0.05, 0.1) is 20.2 Å². The second-order valence-corrected chi connectivity index (χ2v) is 12.0. The molecule has 6 nitrogen and oxygen atoms in total. The summed E-state index contributed by atoms with van der Waals surface area (Å²) >= 11 is 0. The standard InChI is InChI=1S/C23H48O6S2.2Na/c24-30(25,26)22-20-18-16-14-12-10-8-6-4-2-1-3-5-7-9-11-13-15-17-19-21-23-31(27,28)29;;/h1-23H2,(H,24,25,26)(H,27,28,29);;/q;2*+1/p-2. The van der Waals surface area contributed by atoms with E-state index in [2.05, 4.69) is 0 Å². The summed E-state index contributed by atoms with van der Waals surface area (Å²) in [6, 6.07) is 0. The minimum absolute atomic E-state index is 0. The molecule has 0 aromatic carbocycles. The molecule has 0 aromatic heterocycles. The first kappa shape index (κ1) is 39.3. The van der Waals surface area contributed by atoms with Gasteiger partial charge in [-0.2, -0.15) is 0 Å². The van der Waals surface area contributed by atoms with E-state index in [4.69, 9.17) is 0 Å². The molecule has 0 heterocycles. The molecule has 0 atom stereocenters. The first-order valence-corrected chi connectivity index (χ1v) is 15.7. The van der Waals surface area contributed by atoms with Crippen LogP contribution in [0.15, 0.2) is 0 Å². The van der Waals surface area contributed by atoms with E-state index in [9.17, 15) is 25.9 Å². The van der Waals surface area contributed by atoms with E-state index in [1.165, 1.54) is 83.5 Å². The monoisotopic (exact) mass is 528 g/mol. The van der Waals surface area contributed by atoms with Crippen LogP contribution < -0.4 is 59.1 Å². The minimum Gasteiger partial charge on any atom is -0.748 e. The third kappa shape index (κ3) is 38.5. The summed E-state index contributed by atoms with van der Waals surface area (Å²) in [6.07, 6.45) is 23.9. The maximum Gasteiger partial charge on any atom is 1.00 e. The minimum atomic E-state index is -4.03. The van der Waals surface area contributed by atoms with Gasteiger partial charge in [-0.25, -0.2) is 16.8 Å². The SMILES string of the molecule is O=S(=O)([O-])CCCCCCCCCCCCCCCCCCCCCCCS(=O)(=O)[O-].[Na+].[Na+]. The van der Waals surface area contributed by atoms with Crippen LogP contribution in [0, 0.1) is 0 Å². The second-order valence-electron chi connectivity index (χ2n) is 8.95. The van der Waals surface area contributed by atoms with Gasteiger partial charge in [0.1, 0.15) is 0 Å². The van der Waals surface area contributed by atoms with Gasteiger partial charge >= 0.3 is 59.1 Å². The summed E-state index contributed by atoms with van der Waals surface area (Å²) < 4.78 is 62.9. The Morgan fingerprint density at radius 3 is 0.545 bits per heavy atom. The molecule has 0 saturated carbocycles. The van der Waals surface area contributed by atoms with Gasteiger partial charge in [-0.1, -0.05) is 122 Å². The van der Waals surface area contributed by atoms with E-state index >= 15 is 0 Å². The van der Waals surface area contributed by atoms with Crippen LogP contribution in [-0.4, -0.2) is 37.4 Å². The van der Waals surface area contributed by atoms with Crippen molar-refractivity contribution in [2.75, 3.05) is 11.5 Å². The van der Waals surface area contributed by atoms with Crippen LogP contribution in [0.5, 0.6) is 0 Å². The summed E-state index contributed by atoms with van der Waals surface area (Å²) in [5, 5.41) is 0. The van der Waals surface area contributed by atoms with Crippen molar-refractivity contribution >= 4 is 20.2 Å². The first-order chi connectivity index (χ1) is 14.7. The summed E-state index contributed by atoms with van der Waals surface area (Å²) in [5.74, 6) is -0.426. The summed E-state index contributed by atoms with van der Waals surface area (Å²) in [4.78, 5) is 0. The Morgan fingerprint density at radius 2 is 0.424 bits per heavy atom. The Labute approximate surface area is 249 Å². The Morgan fingerprint density at radius 1 is 0.303 bits per heavy atom. The molecule has 0 aliphatic rings. The van der Waals surface area contributed by atoms with Gasteiger partial charge in [-0.15, -0.1) is 0 Å². The normalized spacial score (nSPS) is 11.7. The molecule has 33 heavy (non-hydrogen) atoms. The topological polar surface area (TPSA) is 114 Å². The Bertz CT molecular complexity index is 546. The van der Waals surface area contributed by atoms with Gasteiger partial charge in [0.2, 0.25) is 0 Å². The van der Waals surface area contributed by atoms with E-state index in [-0.39, 0.29) is 70.6 Å². The van der Waals surface area contributed by atoms with E-state index in [1.54, 1.807) is 0 Å². The smallest absolute Gasteiger partial charge is 0.748 e. The van der Waals surface area contributed by atoms with Crippen LogP contribution in [0.4, 0.5) is 0 Å².